The van der Waals surface area contributed by atoms with Crippen LogP contribution in [-0.4, -0.2) is 35.8 Å². The fourth-order valence-corrected chi connectivity index (χ4v) is 3.89. The molecule has 0 saturated carbocycles. The summed E-state index contributed by atoms with van der Waals surface area (Å²) in [5.74, 6) is -3.24. The highest BCUT2D eigenvalue weighted by Crippen LogP contribution is 2.28. The van der Waals surface area contributed by atoms with Crippen LogP contribution < -0.4 is 10.4 Å². The van der Waals surface area contributed by atoms with E-state index in [0.717, 1.165) is 32.4 Å². The highest BCUT2D eigenvalue weighted by Gasteiger charge is 2.30. The van der Waals surface area contributed by atoms with Crippen molar-refractivity contribution in [1.29, 1.82) is 0 Å². The third kappa shape index (κ3) is 4.50. The average Bonchev–Trinajstić information content (AvgIpc) is 2.68. The zero-order chi connectivity index (χ0) is 19.4. The zero-order valence-electron chi connectivity index (χ0n) is 14.9. The maximum Gasteiger partial charge on any atom is 0.255 e. The van der Waals surface area contributed by atoms with E-state index in [1.165, 1.54) is 6.07 Å². The Bertz CT molecular complexity index is 771. The van der Waals surface area contributed by atoms with Crippen LogP contribution in [0.2, 0.25) is 5.02 Å². The number of hydrogen-bond donors (Lipinski definition) is 1. The second-order valence-electron chi connectivity index (χ2n) is 7.01. The smallest absolute Gasteiger partial charge is 0.255 e. The number of halogens is 1. The Balaban J connectivity index is 1.70. The van der Waals surface area contributed by atoms with Crippen LogP contribution in [0.3, 0.4) is 0 Å². The standard InChI is InChI=1S/C20H23ClN2O4/c21-17-12-13(8-9-16(17)19(25)23-10-4-1-5-11-23)22-18(24)14-6-2-3-7-15(14)20(26)27/h2-3,8-9,12,14-15H,1,4-7,10-11H2,(H,22,24)(H,26,27)/p-1/t14-,15+/m0/s1. The first kappa shape index (κ1) is 19.4. The molecule has 1 aromatic carbocycles. The highest BCUT2D eigenvalue weighted by atomic mass is 35.5. The lowest BCUT2D eigenvalue weighted by Gasteiger charge is -2.28. The van der Waals surface area contributed by atoms with E-state index in [2.05, 4.69) is 5.32 Å². The molecule has 0 unspecified atom stereocenters. The summed E-state index contributed by atoms with van der Waals surface area (Å²) >= 11 is 6.28. The molecule has 2 atom stereocenters. The molecule has 0 bridgehead atoms. The monoisotopic (exact) mass is 389 g/mol. The van der Waals surface area contributed by atoms with E-state index in [-0.39, 0.29) is 23.3 Å². The minimum atomic E-state index is -1.22. The lowest BCUT2D eigenvalue weighted by molar-refractivity contribution is -0.313. The van der Waals surface area contributed by atoms with Gasteiger partial charge in [0.1, 0.15) is 0 Å². The molecular weight excluding hydrogens is 368 g/mol. The van der Waals surface area contributed by atoms with Gasteiger partial charge in [0.25, 0.3) is 5.91 Å². The zero-order valence-corrected chi connectivity index (χ0v) is 15.7. The molecule has 1 aliphatic heterocycles. The Kier molecular flexibility index (Phi) is 6.16. The predicted molar refractivity (Wildman–Crippen MR) is 100 cm³/mol. The van der Waals surface area contributed by atoms with Gasteiger partial charge in [0.05, 0.1) is 16.5 Å². The molecule has 0 aromatic heterocycles. The number of benzene rings is 1. The quantitative estimate of drug-likeness (QED) is 0.799. The number of carboxylic acid groups (broad SMARTS) is 1. The van der Waals surface area contributed by atoms with Crippen LogP contribution in [0.25, 0.3) is 0 Å². The molecule has 2 aliphatic rings. The van der Waals surface area contributed by atoms with Gasteiger partial charge < -0.3 is 20.1 Å². The number of carbonyl (C=O) groups is 3. The fraction of sp³-hybridized carbons (Fsp3) is 0.450. The van der Waals surface area contributed by atoms with E-state index in [9.17, 15) is 19.5 Å². The van der Waals surface area contributed by atoms with Crippen molar-refractivity contribution >= 4 is 35.1 Å². The van der Waals surface area contributed by atoms with Crippen LogP contribution in [0.15, 0.2) is 30.4 Å². The van der Waals surface area contributed by atoms with Crippen molar-refractivity contribution in [3.05, 3.63) is 40.9 Å². The van der Waals surface area contributed by atoms with Crippen molar-refractivity contribution in [3.8, 4) is 0 Å². The molecule has 0 radical (unpaired) electrons. The molecule has 2 amide bonds. The number of likely N-dealkylation sites (tertiary alicyclic amines) is 1. The van der Waals surface area contributed by atoms with Gasteiger partial charge in [0.2, 0.25) is 5.91 Å². The molecule has 3 rings (SSSR count). The largest absolute Gasteiger partial charge is 0.550 e. The van der Waals surface area contributed by atoms with E-state index in [1.807, 2.05) is 0 Å². The second-order valence-corrected chi connectivity index (χ2v) is 7.42. The number of carbonyl (C=O) groups excluding carboxylic acids is 3. The van der Waals surface area contributed by atoms with Crippen molar-refractivity contribution in [1.82, 2.24) is 4.90 Å². The van der Waals surface area contributed by atoms with Gasteiger partial charge in [-0.25, -0.2) is 0 Å². The van der Waals surface area contributed by atoms with Gasteiger partial charge in [-0.2, -0.15) is 0 Å². The first-order valence-electron chi connectivity index (χ1n) is 9.23. The Morgan fingerprint density at radius 2 is 1.70 bits per heavy atom. The minimum absolute atomic E-state index is 0.105. The van der Waals surface area contributed by atoms with E-state index in [0.29, 0.717) is 17.7 Å². The lowest BCUT2D eigenvalue weighted by Crippen LogP contribution is -2.41. The topological polar surface area (TPSA) is 89.5 Å². The highest BCUT2D eigenvalue weighted by molar-refractivity contribution is 6.34. The Labute approximate surface area is 163 Å². The number of allylic oxidation sites excluding steroid dienone is 2. The molecule has 6 nitrogen and oxygen atoms in total. The maximum absolute atomic E-state index is 12.6. The third-order valence-electron chi connectivity index (χ3n) is 5.18. The Hall–Kier alpha value is -2.34. The van der Waals surface area contributed by atoms with Crippen molar-refractivity contribution in [2.45, 2.75) is 32.1 Å². The van der Waals surface area contributed by atoms with Crippen LogP contribution >= 0.6 is 11.6 Å². The fourth-order valence-electron chi connectivity index (χ4n) is 3.63. The molecule has 144 valence electrons. The number of hydrogen-bond acceptors (Lipinski definition) is 4. The number of nitrogens with zero attached hydrogens (tertiary/aromatic N) is 1. The normalized spacial score (nSPS) is 22.3. The summed E-state index contributed by atoms with van der Waals surface area (Å²) in [4.78, 5) is 38.1. The number of piperidine rings is 1. The number of aliphatic carboxylic acids is 1. The number of amides is 2. The molecule has 1 N–H and O–H groups in total. The lowest BCUT2D eigenvalue weighted by atomic mass is 9.82. The van der Waals surface area contributed by atoms with Crippen LogP contribution in [0.1, 0.15) is 42.5 Å². The van der Waals surface area contributed by atoms with Crippen LogP contribution in [0.5, 0.6) is 0 Å². The van der Waals surface area contributed by atoms with Crippen molar-refractivity contribution in [3.63, 3.8) is 0 Å². The van der Waals surface area contributed by atoms with E-state index in [1.54, 1.807) is 29.2 Å². The first-order chi connectivity index (χ1) is 13.0. The Morgan fingerprint density at radius 1 is 1.04 bits per heavy atom. The summed E-state index contributed by atoms with van der Waals surface area (Å²) in [6.07, 6.45) is 7.30. The number of anilines is 1. The molecule has 1 heterocycles. The molecule has 1 saturated heterocycles. The third-order valence-corrected chi connectivity index (χ3v) is 5.49. The average molecular weight is 390 g/mol. The number of nitrogens with one attached hydrogen (secondary N) is 1. The van der Waals surface area contributed by atoms with Gasteiger partial charge in [-0.1, -0.05) is 23.8 Å². The van der Waals surface area contributed by atoms with Gasteiger partial charge in [-0.05, 0) is 50.3 Å². The summed E-state index contributed by atoms with van der Waals surface area (Å²) in [5.41, 5.74) is 0.844. The van der Waals surface area contributed by atoms with Gasteiger partial charge in [0, 0.05) is 30.7 Å². The molecule has 0 spiro atoms. The second kappa shape index (κ2) is 8.57. The van der Waals surface area contributed by atoms with E-state index in [4.69, 9.17) is 11.6 Å². The summed E-state index contributed by atoms with van der Waals surface area (Å²) in [6, 6.07) is 4.75. The van der Waals surface area contributed by atoms with Crippen molar-refractivity contribution in [2.24, 2.45) is 11.8 Å². The minimum Gasteiger partial charge on any atom is -0.550 e. The van der Waals surface area contributed by atoms with Gasteiger partial charge in [-0.3, -0.25) is 9.59 Å². The molecule has 1 aromatic rings. The van der Waals surface area contributed by atoms with E-state index < -0.39 is 17.8 Å². The summed E-state index contributed by atoms with van der Waals surface area (Å²) in [7, 11) is 0. The van der Waals surface area contributed by atoms with Gasteiger partial charge >= 0.3 is 0 Å². The summed E-state index contributed by atoms with van der Waals surface area (Å²) < 4.78 is 0. The van der Waals surface area contributed by atoms with E-state index >= 15 is 0 Å². The molecule has 1 fully saturated rings. The number of carboxylic acids is 1. The van der Waals surface area contributed by atoms with Gasteiger partial charge in [-0.15, -0.1) is 0 Å². The Morgan fingerprint density at radius 3 is 2.33 bits per heavy atom. The van der Waals surface area contributed by atoms with Gasteiger partial charge in [0.15, 0.2) is 0 Å². The molecular formula is C20H22ClN2O4-. The maximum atomic E-state index is 12.6. The summed E-state index contributed by atoms with van der Waals surface area (Å²) in [5, 5.41) is 14.2. The summed E-state index contributed by atoms with van der Waals surface area (Å²) in [6.45, 7) is 1.46. The number of rotatable bonds is 4. The van der Waals surface area contributed by atoms with Crippen LogP contribution in [0, 0.1) is 11.8 Å². The predicted octanol–water partition coefficient (Wildman–Crippen LogP) is 2.24. The van der Waals surface area contributed by atoms with Crippen LogP contribution in [-0.2, 0) is 9.59 Å². The van der Waals surface area contributed by atoms with Crippen LogP contribution in [0.4, 0.5) is 5.69 Å². The molecule has 27 heavy (non-hydrogen) atoms. The van der Waals surface area contributed by atoms with Crippen molar-refractivity contribution in [2.75, 3.05) is 18.4 Å². The van der Waals surface area contributed by atoms with Crippen molar-refractivity contribution < 1.29 is 19.5 Å². The molecule has 7 heteroatoms. The SMILES string of the molecule is O=C(Nc1ccc(C(=O)N2CCCCC2)c(Cl)c1)[C@H]1CC=CC[C@H]1C(=O)[O-]. The first-order valence-corrected chi connectivity index (χ1v) is 9.60. The molecule has 1 aliphatic carbocycles.